The molecule has 14 heavy (non-hydrogen) atoms. The summed E-state index contributed by atoms with van der Waals surface area (Å²) in [6, 6.07) is 0.363. The van der Waals surface area contributed by atoms with Crippen LogP contribution in [0.15, 0.2) is 6.20 Å². The minimum Gasteiger partial charge on any atom is -0.373 e. The maximum Gasteiger partial charge on any atom is 0.144 e. The fourth-order valence-corrected chi connectivity index (χ4v) is 1.85. The minimum absolute atomic E-state index is 0.250. The zero-order valence-electron chi connectivity index (χ0n) is 8.77. The third-order valence-electron chi connectivity index (χ3n) is 2.65. The van der Waals surface area contributed by atoms with Crippen LogP contribution in [0.3, 0.4) is 0 Å². The molecule has 1 aromatic heterocycles. The monoisotopic (exact) mass is 196 g/mol. The van der Waals surface area contributed by atoms with Crippen molar-refractivity contribution in [3.8, 4) is 0 Å². The molecule has 1 N–H and O–H groups in total. The van der Waals surface area contributed by atoms with E-state index >= 15 is 0 Å². The number of ether oxygens (including phenoxy) is 1. The Kier molecular flexibility index (Phi) is 2.41. The lowest BCUT2D eigenvalue weighted by molar-refractivity contribution is 0.0650. The van der Waals surface area contributed by atoms with E-state index in [1.54, 1.807) is 10.9 Å². The predicted molar refractivity (Wildman–Crippen MR) is 53.0 cm³/mol. The molecule has 0 amide bonds. The van der Waals surface area contributed by atoms with Gasteiger partial charge in [0.2, 0.25) is 0 Å². The summed E-state index contributed by atoms with van der Waals surface area (Å²) in [5, 5.41) is 11.1. The first-order chi connectivity index (χ1) is 6.66. The SMILES string of the molecule is CC1CC(Nc2cnnn2C)C(C)O1. The Morgan fingerprint density at radius 2 is 2.36 bits per heavy atom. The van der Waals surface area contributed by atoms with Crippen LogP contribution >= 0.6 is 0 Å². The highest BCUT2D eigenvalue weighted by Gasteiger charge is 2.29. The first-order valence-corrected chi connectivity index (χ1v) is 4.93. The molecule has 1 aliphatic heterocycles. The van der Waals surface area contributed by atoms with Gasteiger partial charge in [0.15, 0.2) is 0 Å². The van der Waals surface area contributed by atoms with Crippen LogP contribution in [0.5, 0.6) is 0 Å². The van der Waals surface area contributed by atoms with Crippen molar-refractivity contribution in [1.29, 1.82) is 0 Å². The number of rotatable bonds is 2. The molecule has 0 bridgehead atoms. The summed E-state index contributed by atoms with van der Waals surface area (Å²) in [4.78, 5) is 0. The molecule has 0 radical (unpaired) electrons. The first-order valence-electron chi connectivity index (χ1n) is 4.93. The van der Waals surface area contributed by atoms with Gasteiger partial charge in [-0.15, -0.1) is 5.10 Å². The van der Waals surface area contributed by atoms with Gasteiger partial charge in [-0.1, -0.05) is 5.21 Å². The third-order valence-corrected chi connectivity index (χ3v) is 2.65. The molecule has 5 heteroatoms. The van der Waals surface area contributed by atoms with E-state index in [1.165, 1.54) is 0 Å². The standard InChI is InChI=1S/C9H16N4O/c1-6-4-8(7(2)14-6)11-9-5-10-12-13(9)3/h5-8,11H,4H2,1-3H3. The van der Waals surface area contributed by atoms with E-state index < -0.39 is 0 Å². The molecule has 0 aliphatic carbocycles. The lowest BCUT2D eigenvalue weighted by Gasteiger charge is -2.16. The lowest BCUT2D eigenvalue weighted by atomic mass is 10.1. The molecule has 5 nitrogen and oxygen atoms in total. The van der Waals surface area contributed by atoms with Crippen LogP contribution in [0.25, 0.3) is 0 Å². The van der Waals surface area contributed by atoms with Gasteiger partial charge in [0.1, 0.15) is 5.82 Å². The Balaban J connectivity index is 2.01. The molecule has 78 valence electrons. The van der Waals surface area contributed by atoms with Crippen molar-refractivity contribution in [3.63, 3.8) is 0 Å². The highest BCUT2D eigenvalue weighted by Crippen LogP contribution is 2.22. The number of hydrogen-bond acceptors (Lipinski definition) is 4. The average molecular weight is 196 g/mol. The van der Waals surface area contributed by atoms with E-state index in [9.17, 15) is 0 Å². The Hall–Kier alpha value is -1.10. The number of anilines is 1. The van der Waals surface area contributed by atoms with Gasteiger partial charge in [-0.3, -0.25) is 0 Å². The van der Waals surface area contributed by atoms with Crippen LogP contribution in [0, 0.1) is 0 Å². The predicted octanol–water partition coefficient (Wildman–Crippen LogP) is 0.793. The number of hydrogen-bond donors (Lipinski definition) is 1. The van der Waals surface area contributed by atoms with Crippen LogP contribution in [-0.2, 0) is 11.8 Å². The quantitative estimate of drug-likeness (QED) is 0.760. The minimum atomic E-state index is 0.250. The molecule has 2 rings (SSSR count). The summed E-state index contributed by atoms with van der Waals surface area (Å²) >= 11 is 0. The summed E-state index contributed by atoms with van der Waals surface area (Å²) in [6.07, 6.45) is 3.35. The zero-order valence-corrected chi connectivity index (χ0v) is 8.77. The van der Waals surface area contributed by atoms with Crippen LogP contribution in [0.2, 0.25) is 0 Å². The largest absolute Gasteiger partial charge is 0.373 e. The number of aryl methyl sites for hydroxylation is 1. The molecular weight excluding hydrogens is 180 g/mol. The summed E-state index contributed by atoms with van der Waals surface area (Å²) < 4.78 is 7.38. The molecule has 1 fully saturated rings. The van der Waals surface area contributed by atoms with Crippen molar-refractivity contribution in [1.82, 2.24) is 15.0 Å². The van der Waals surface area contributed by atoms with Gasteiger partial charge in [-0.05, 0) is 20.3 Å². The van der Waals surface area contributed by atoms with E-state index in [0.717, 1.165) is 12.2 Å². The normalized spacial score (nSPS) is 32.1. The van der Waals surface area contributed by atoms with Crippen molar-refractivity contribution in [2.45, 2.75) is 38.5 Å². The van der Waals surface area contributed by atoms with Gasteiger partial charge in [0, 0.05) is 7.05 Å². The van der Waals surface area contributed by atoms with Crippen molar-refractivity contribution in [2.75, 3.05) is 5.32 Å². The summed E-state index contributed by atoms with van der Waals surface area (Å²) in [5.41, 5.74) is 0. The van der Waals surface area contributed by atoms with Crippen LogP contribution in [-0.4, -0.2) is 33.2 Å². The smallest absolute Gasteiger partial charge is 0.144 e. The fraction of sp³-hybridized carbons (Fsp3) is 0.778. The second-order valence-electron chi connectivity index (χ2n) is 3.88. The van der Waals surface area contributed by atoms with Gasteiger partial charge in [0.25, 0.3) is 0 Å². The Bertz CT molecular complexity index is 312. The first kappa shape index (κ1) is 9.45. The molecule has 3 unspecified atom stereocenters. The number of nitrogens with zero attached hydrogens (tertiary/aromatic N) is 3. The maximum absolute atomic E-state index is 5.65. The highest BCUT2D eigenvalue weighted by molar-refractivity contribution is 5.33. The molecule has 1 saturated heterocycles. The van der Waals surface area contributed by atoms with Gasteiger partial charge in [-0.2, -0.15) is 0 Å². The van der Waals surface area contributed by atoms with Gasteiger partial charge < -0.3 is 10.1 Å². The molecule has 0 saturated carbocycles. The van der Waals surface area contributed by atoms with Gasteiger partial charge in [-0.25, -0.2) is 4.68 Å². The Morgan fingerprint density at radius 3 is 2.86 bits per heavy atom. The van der Waals surface area contributed by atoms with Gasteiger partial charge >= 0.3 is 0 Å². The lowest BCUT2D eigenvalue weighted by Crippen LogP contribution is -2.27. The van der Waals surface area contributed by atoms with Crippen LogP contribution < -0.4 is 5.32 Å². The topological polar surface area (TPSA) is 52.0 Å². The fourth-order valence-electron chi connectivity index (χ4n) is 1.85. The molecule has 2 heterocycles. The molecule has 0 spiro atoms. The van der Waals surface area contributed by atoms with E-state index in [2.05, 4.69) is 29.5 Å². The van der Waals surface area contributed by atoms with Crippen molar-refractivity contribution in [2.24, 2.45) is 7.05 Å². The summed E-state index contributed by atoms with van der Waals surface area (Å²) in [6.45, 7) is 4.19. The average Bonchev–Trinajstić information content (AvgIpc) is 2.62. The number of nitrogens with one attached hydrogen (secondary N) is 1. The van der Waals surface area contributed by atoms with E-state index in [4.69, 9.17) is 4.74 Å². The molecule has 0 aromatic carbocycles. The Morgan fingerprint density at radius 1 is 1.57 bits per heavy atom. The summed E-state index contributed by atoms with van der Waals surface area (Å²) in [7, 11) is 1.87. The maximum atomic E-state index is 5.65. The van der Waals surface area contributed by atoms with Crippen molar-refractivity contribution >= 4 is 5.82 Å². The van der Waals surface area contributed by atoms with Crippen molar-refractivity contribution in [3.05, 3.63) is 6.20 Å². The van der Waals surface area contributed by atoms with Crippen LogP contribution in [0.4, 0.5) is 5.82 Å². The van der Waals surface area contributed by atoms with E-state index in [1.807, 2.05) is 7.05 Å². The molecule has 1 aromatic rings. The highest BCUT2D eigenvalue weighted by atomic mass is 16.5. The van der Waals surface area contributed by atoms with Crippen molar-refractivity contribution < 1.29 is 4.74 Å². The van der Waals surface area contributed by atoms with E-state index in [0.29, 0.717) is 12.1 Å². The van der Waals surface area contributed by atoms with Crippen LogP contribution in [0.1, 0.15) is 20.3 Å². The third kappa shape index (κ3) is 1.72. The molecule has 3 atom stereocenters. The van der Waals surface area contributed by atoms with E-state index in [-0.39, 0.29) is 6.10 Å². The molecular formula is C9H16N4O. The van der Waals surface area contributed by atoms with Gasteiger partial charge in [0.05, 0.1) is 24.4 Å². The summed E-state index contributed by atoms with van der Waals surface area (Å²) in [5.74, 6) is 0.944. The number of aromatic nitrogens is 3. The molecule has 1 aliphatic rings. The Labute approximate surface area is 83.4 Å². The second kappa shape index (κ2) is 3.57. The second-order valence-corrected chi connectivity index (χ2v) is 3.88. The zero-order chi connectivity index (χ0) is 10.1.